The Bertz CT molecular complexity index is 558. The average Bonchev–Trinajstić information content (AvgIpc) is 2.97. The second kappa shape index (κ2) is 5.05. The van der Waals surface area contributed by atoms with Crippen LogP contribution in [0.3, 0.4) is 0 Å². The lowest BCUT2D eigenvalue weighted by molar-refractivity contribution is -0.130. The number of likely N-dealkylation sites (tertiary alicyclic amines) is 1. The number of rotatable bonds is 2. The lowest BCUT2D eigenvalue weighted by atomic mass is 10.0. The fourth-order valence-electron chi connectivity index (χ4n) is 2.91. The van der Waals surface area contributed by atoms with Crippen molar-refractivity contribution in [3.8, 4) is 0 Å². The van der Waals surface area contributed by atoms with Gasteiger partial charge < -0.3 is 10.2 Å². The van der Waals surface area contributed by atoms with Crippen LogP contribution in [0.4, 0.5) is 4.39 Å². The first kappa shape index (κ1) is 13.4. The van der Waals surface area contributed by atoms with Crippen molar-refractivity contribution < 1.29 is 14.0 Å². The largest absolute Gasteiger partial charge is 0.355 e. The predicted octanol–water partition coefficient (Wildman–Crippen LogP) is 1.23. The average molecular weight is 297 g/mol. The molecule has 6 heteroatoms. The molecule has 3 rings (SSSR count). The van der Waals surface area contributed by atoms with Crippen molar-refractivity contribution in [1.29, 1.82) is 0 Å². The molecule has 2 saturated heterocycles. The van der Waals surface area contributed by atoms with Crippen LogP contribution in [0.1, 0.15) is 5.56 Å². The molecular formula is C14H14ClFN2O2. The minimum Gasteiger partial charge on any atom is -0.355 e. The maximum absolute atomic E-state index is 13.7. The molecule has 0 aromatic heterocycles. The van der Waals surface area contributed by atoms with E-state index in [-0.39, 0.29) is 40.7 Å². The highest BCUT2D eigenvalue weighted by atomic mass is 35.5. The van der Waals surface area contributed by atoms with Crippen molar-refractivity contribution in [2.45, 2.75) is 6.42 Å². The number of halogens is 2. The zero-order chi connectivity index (χ0) is 14.3. The van der Waals surface area contributed by atoms with Crippen molar-refractivity contribution >= 4 is 23.4 Å². The number of carbonyl (C=O) groups is 2. The van der Waals surface area contributed by atoms with Crippen LogP contribution in [0, 0.1) is 17.7 Å². The Hall–Kier alpha value is -1.62. The second-order valence-corrected chi connectivity index (χ2v) is 5.69. The highest BCUT2D eigenvalue weighted by Crippen LogP contribution is 2.28. The Morgan fingerprint density at radius 1 is 1.45 bits per heavy atom. The minimum absolute atomic E-state index is 0.00854. The van der Waals surface area contributed by atoms with Gasteiger partial charge in [0.2, 0.25) is 11.8 Å². The number of nitrogens with one attached hydrogen (secondary N) is 1. The van der Waals surface area contributed by atoms with Gasteiger partial charge >= 0.3 is 0 Å². The Balaban J connectivity index is 1.70. The van der Waals surface area contributed by atoms with Gasteiger partial charge in [0.25, 0.3) is 0 Å². The van der Waals surface area contributed by atoms with E-state index < -0.39 is 5.82 Å². The molecule has 0 radical (unpaired) electrons. The van der Waals surface area contributed by atoms with Crippen molar-refractivity contribution in [2.75, 3.05) is 19.6 Å². The fourth-order valence-corrected chi connectivity index (χ4v) is 3.14. The fraction of sp³-hybridized carbons (Fsp3) is 0.429. The van der Waals surface area contributed by atoms with Gasteiger partial charge in [-0.1, -0.05) is 17.7 Å². The molecular weight excluding hydrogens is 283 g/mol. The van der Waals surface area contributed by atoms with Gasteiger partial charge in [0.05, 0.1) is 12.3 Å². The van der Waals surface area contributed by atoms with Crippen LogP contribution >= 0.6 is 11.6 Å². The van der Waals surface area contributed by atoms with E-state index in [2.05, 4.69) is 5.32 Å². The van der Waals surface area contributed by atoms with Crippen LogP contribution in [-0.2, 0) is 16.0 Å². The van der Waals surface area contributed by atoms with Gasteiger partial charge in [-0.05, 0) is 12.1 Å². The van der Waals surface area contributed by atoms with Gasteiger partial charge in [0.15, 0.2) is 0 Å². The highest BCUT2D eigenvalue weighted by molar-refractivity contribution is 6.31. The lowest BCUT2D eigenvalue weighted by Gasteiger charge is -2.18. The number of benzene rings is 1. The SMILES string of the molecule is O=C1NC[C@H]2CN(C(=O)Cc3c(F)cccc3Cl)C[C@@H]12. The summed E-state index contributed by atoms with van der Waals surface area (Å²) in [5.74, 6) is -0.575. The second-order valence-electron chi connectivity index (χ2n) is 5.29. The molecule has 4 nitrogen and oxygen atoms in total. The highest BCUT2D eigenvalue weighted by Gasteiger charge is 2.43. The Morgan fingerprint density at radius 2 is 2.25 bits per heavy atom. The van der Waals surface area contributed by atoms with Crippen molar-refractivity contribution in [2.24, 2.45) is 11.8 Å². The topological polar surface area (TPSA) is 49.4 Å². The van der Waals surface area contributed by atoms with Crippen LogP contribution in [0.25, 0.3) is 0 Å². The number of nitrogens with zero attached hydrogens (tertiary/aromatic N) is 1. The smallest absolute Gasteiger partial charge is 0.227 e. The van der Waals surface area contributed by atoms with Gasteiger partial charge in [0, 0.05) is 36.1 Å². The van der Waals surface area contributed by atoms with Crippen LogP contribution in [0.5, 0.6) is 0 Å². The van der Waals surface area contributed by atoms with Crippen LogP contribution in [-0.4, -0.2) is 36.3 Å². The number of hydrogen-bond donors (Lipinski definition) is 1. The number of carbonyl (C=O) groups excluding carboxylic acids is 2. The summed E-state index contributed by atoms with van der Waals surface area (Å²) in [6.07, 6.45) is -0.0629. The van der Waals surface area contributed by atoms with E-state index in [1.165, 1.54) is 12.1 Å². The van der Waals surface area contributed by atoms with Gasteiger partial charge in [-0.2, -0.15) is 0 Å². The Morgan fingerprint density at radius 3 is 2.95 bits per heavy atom. The quantitative estimate of drug-likeness (QED) is 0.892. The van der Waals surface area contributed by atoms with Gasteiger partial charge in [-0.3, -0.25) is 9.59 Å². The monoisotopic (exact) mass is 296 g/mol. The molecule has 0 bridgehead atoms. The molecule has 2 atom stereocenters. The van der Waals surface area contributed by atoms with Crippen molar-refractivity contribution in [3.05, 3.63) is 34.6 Å². The lowest BCUT2D eigenvalue weighted by Crippen LogP contribution is -2.34. The van der Waals surface area contributed by atoms with Gasteiger partial charge in [-0.25, -0.2) is 4.39 Å². The summed E-state index contributed by atoms with van der Waals surface area (Å²) < 4.78 is 13.7. The molecule has 0 saturated carbocycles. The van der Waals surface area contributed by atoms with Crippen LogP contribution in [0.15, 0.2) is 18.2 Å². The summed E-state index contributed by atoms with van der Waals surface area (Å²) in [5.41, 5.74) is 0.223. The molecule has 2 heterocycles. The third kappa shape index (κ3) is 2.26. The molecule has 2 fully saturated rings. The van der Waals surface area contributed by atoms with Gasteiger partial charge in [-0.15, -0.1) is 0 Å². The summed E-state index contributed by atoms with van der Waals surface area (Å²) in [7, 11) is 0. The minimum atomic E-state index is -0.469. The van der Waals surface area contributed by atoms with E-state index in [1.54, 1.807) is 11.0 Å². The van der Waals surface area contributed by atoms with Crippen LogP contribution < -0.4 is 5.32 Å². The van der Waals surface area contributed by atoms with E-state index in [1.807, 2.05) is 0 Å². The van der Waals surface area contributed by atoms with E-state index >= 15 is 0 Å². The molecule has 2 aliphatic heterocycles. The van der Waals surface area contributed by atoms with E-state index in [0.717, 1.165) is 0 Å². The molecule has 1 aromatic rings. The molecule has 2 amide bonds. The summed E-state index contributed by atoms with van der Waals surface area (Å²) in [5, 5.41) is 3.05. The maximum Gasteiger partial charge on any atom is 0.227 e. The zero-order valence-corrected chi connectivity index (χ0v) is 11.5. The van der Waals surface area contributed by atoms with Crippen molar-refractivity contribution in [1.82, 2.24) is 10.2 Å². The summed E-state index contributed by atoms with van der Waals surface area (Å²) in [6, 6.07) is 4.37. The molecule has 1 aromatic carbocycles. The molecule has 0 aliphatic carbocycles. The molecule has 0 spiro atoms. The Labute approximate surface area is 120 Å². The van der Waals surface area contributed by atoms with Gasteiger partial charge in [0.1, 0.15) is 5.82 Å². The number of fused-ring (bicyclic) bond motifs is 1. The summed E-state index contributed by atoms with van der Waals surface area (Å²) in [6.45, 7) is 1.59. The van der Waals surface area contributed by atoms with E-state index in [0.29, 0.717) is 19.6 Å². The first-order valence-corrected chi connectivity index (χ1v) is 6.92. The summed E-state index contributed by atoms with van der Waals surface area (Å²) in [4.78, 5) is 25.4. The van der Waals surface area contributed by atoms with E-state index in [9.17, 15) is 14.0 Å². The molecule has 106 valence electrons. The standard InChI is InChI=1S/C14H14ClFN2O2/c15-11-2-1-3-12(16)9(11)4-13(19)18-6-8-5-17-14(20)10(8)7-18/h1-3,8,10H,4-7H2,(H,17,20)/t8-,10+/m0/s1. The zero-order valence-electron chi connectivity index (χ0n) is 10.7. The summed E-state index contributed by atoms with van der Waals surface area (Å²) >= 11 is 5.92. The van der Waals surface area contributed by atoms with Crippen molar-refractivity contribution in [3.63, 3.8) is 0 Å². The maximum atomic E-state index is 13.7. The number of amides is 2. The molecule has 0 unspecified atom stereocenters. The number of hydrogen-bond acceptors (Lipinski definition) is 2. The van der Waals surface area contributed by atoms with E-state index in [4.69, 9.17) is 11.6 Å². The van der Waals surface area contributed by atoms with Crippen LogP contribution in [0.2, 0.25) is 5.02 Å². The first-order chi connectivity index (χ1) is 9.56. The predicted molar refractivity (Wildman–Crippen MR) is 71.7 cm³/mol. The first-order valence-electron chi connectivity index (χ1n) is 6.54. The Kier molecular flexibility index (Phi) is 3.38. The molecule has 1 N–H and O–H groups in total. The third-order valence-electron chi connectivity index (χ3n) is 4.06. The third-order valence-corrected chi connectivity index (χ3v) is 4.41. The molecule has 2 aliphatic rings. The molecule has 20 heavy (non-hydrogen) atoms. The normalized spacial score (nSPS) is 24.7.